The van der Waals surface area contributed by atoms with E-state index in [2.05, 4.69) is 62.7 Å². The summed E-state index contributed by atoms with van der Waals surface area (Å²) < 4.78 is 1.20. The molecule has 0 aromatic heterocycles. The van der Waals surface area contributed by atoms with Crippen LogP contribution in [0.1, 0.15) is 44.6 Å². The maximum absolute atomic E-state index is 9.59. The number of aliphatic hydroxyl groups is 1. The highest BCUT2D eigenvalue weighted by atomic mass is 127. The van der Waals surface area contributed by atoms with E-state index in [0.29, 0.717) is 0 Å². The Balaban J connectivity index is 0.00000280. The molecule has 0 unspecified atom stereocenters. The van der Waals surface area contributed by atoms with Crippen molar-refractivity contribution in [3.8, 4) is 0 Å². The molecule has 1 saturated heterocycles. The van der Waals surface area contributed by atoms with Crippen LogP contribution in [0.15, 0.2) is 33.7 Å². The Hall–Kier alpha value is -0.380. The first-order chi connectivity index (χ1) is 13.1. The predicted molar refractivity (Wildman–Crippen MR) is 131 cm³/mol. The Bertz CT molecular complexity index is 631. The van der Waals surface area contributed by atoms with Crippen molar-refractivity contribution < 1.29 is 5.11 Å². The fourth-order valence-corrected chi connectivity index (χ4v) is 4.48. The van der Waals surface area contributed by atoms with Crippen LogP contribution < -0.4 is 10.6 Å². The normalized spacial score (nSPS) is 19.8. The molecule has 0 bridgehead atoms. The van der Waals surface area contributed by atoms with Crippen molar-refractivity contribution in [3.63, 3.8) is 0 Å². The fourth-order valence-electron chi connectivity index (χ4n) is 3.78. The van der Waals surface area contributed by atoms with Crippen molar-refractivity contribution in [2.24, 2.45) is 4.99 Å². The molecule has 28 heavy (non-hydrogen) atoms. The van der Waals surface area contributed by atoms with Crippen molar-refractivity contribution in [2.45, 2.75) is 50.5 Å². The number of aliphatic imine (C=N–C) groups is 1. The van der Waals surface area contributed by atoms with E-state index < -0.39 is 0 Å². The number of piperidine rings is 1. The maximum Gasteiger partial charge on any atom is 0.191 e. The molecule has 0 radical (unpaired) electrons. The van der Waals surface area contributed by atoms with Crippen LogP contribution in [0, 0.1) is 0 Å². The fraction of sp³-hybridized carbons (Fsp3) is 0.667. The molecule has 158 valence electrons. The number of aliphatic hydroxyl groups excluding tert-OH is 1. The van der Waals surface area contributed by atoms with Crippen LogP contribution >= 0.6 is 39.9 Å². The van der Waals surface area contributed by atoms with Crippen LogP contribution in [-0.4, -0.2) is 61.3 Å². The van der Waals surface area contributed by atoms with Crippen molar-refractivity contribution in [1.29, 1.82) is 0 Å². The minimum atomic E-state index is -0.0914. The molecule has 7 heteroatoms. The molecular formula is C21H34BrIN4O. The second kappa shape index (κ2) is 11.7. The number of nitrogens with one attached hydrogen (secondary N) is 2. The van der Waals surface area contributed by atoms with E-state index in [1.165, 1.54) is 22.9 Å². The van der Waals surface area contributed by atoms with Gasteiger partial charge in [0, 0.05) is 36.1 Å². The summed E-state index contributed by atoms with van der Waals surface area (Å²) in [6.07, 6.45) is 5.24. The third-order valence-electron chi connectivity index (χ3n) is 5.68. The lowest BCUT2D eigenvalue weighted by Crippen LogP contribution is -2.40. The first kappa shape index (κ1) is 23.9. The molecule has 1 aromatic rings. The monoisotopic (exact) mass is 564 g/mol. The lowest BCUT2D eigenvalue weighted by Gasteiger charge is -2.29. The Morgan fingerprint density at radius 3 is 2.61 bits per heavy atom. The lowest BCUT2D eigenvalue weighted by molar-refractivity contribution is 0.0823. The van der Waals surface area contributed by atoms with Gasteiger partial charge in [-0.15, -0.1) is 24.0 Å². The van der Waals surface area contributed by atoms with Gasteiger partial charge in [0.25, 0.3) is 0 Å². The van der Waals surface area contributed by atoms with Gasteiger partial charge in [-0.1, -0.05) is 34.1 Å². The zero-order chi connectivity index (χ0) is 19.1. The summed E-state index contributed by atoms with van der Waals surface area (Å²) in [6, 6.07) is 8.54. The number of halogens is 2. The molecule has 0 spiro atoms. The molecule has 2 fully saturated rings. The summed E-state index contributed by atoms with van der Waals surface area (Å²) >= 11 is 3.70. The quantitative estimate of drug-likeness (QED) is 0.196. The SMILES string of the molecule is CCNC(=NCC1(c2ccccc2Br)CC1)NCCCN1CCC(O)CC1.I. The van der Waals surface area contributed by atoms with E-state index in [1.54, 1.807) is 0 Å². The lowest BCUT2D eigenvalue weighted by atomic mass is 9.96. The minimum absolute atomic E-state index is 0. The minimum Gasteiger partial charge on any atom is -0.393 e. The zero-order valence-electron chi connectivity index (χ0n) is 16.8. The predicted octanol–water partition coefficient (Wildman–Crippen LogP) is 3.50. The summed E-state index contributed by atoms with van der Waals surface area (Å²) in [4.78, 5) is 7.34. The molecular weight excluding hydrogens is 531 g/mol. The molecule has 2 aliphatic rings. The van der Waals surface area contributed by atoms with Crippen LogP contribution in [0.25, 0.3) is 0 Å². The van der Waals surface area contributed by atoms with Gasteiger partial charge in [-0.25, -0.2) is 0 Å². The molecule has 3 rings (SSSR count). The van der Waals surface area contributed by atoms with Crippen LogP contribution in [-0.2, 0) is 5.41 Å². The molecule has 1 saturated carbocycles. The third-order valence-corrected chi connectivity index (χ3v) is 6.37. The number of nitrogens with zero attached hydrogens (tertiary/aromatic N) is 2. The highest BCUT2D eigenvalue weighted by molar-refractivity contribution is 14.0. The van der Waals surface area contributed by atoms with Gasteiger partial charge >= 0.3 is 0 Å². The highest BCUT2D eigenvalue weighted by Gasteiger charge is 2.45. The number of rotatable bonds is 8. The Morgan fingerprint density at radius 1 is 1.25 bits per heavy atom. The molecule has 1 heterocycles. The molecule has 3 N–H and O–H groups in total. The maximum atomic E-state index is 9.59. The summed E-state index contributed by atoms with van der Waals surface area (Å²) in [6.45, 7) is 7.85. The number of likely N-dealkylation sites (tertiary alicyclic amines) is 1. The first-order valence-electron chi connectivity index (χ1n) is 10.3. The van der Waals surface area contributed by atoms with Gasteiger partial charge in [-0.3, -0.25) is 4.99 Å². The summed E-state index contributed by atoms with van der Waals surface area (Å²) in [5, 5.41) is 16.5. The van der Waals surface area contributed by atoms with E-state index in [1.807, 2.05) is 0 Å². The third kappa shape index (κ3) is 6.85. The molecule has 1 aliphatic carbocycles. The number of hydrogen-bond donors (Lipinski definition) is 3. The van der Waals surface area contributed by atoms with Gasteiger partial charge in [0.05, 0.1) is 12.6 Å². The van der Waals surface area contributed by atoms with Gasteiger partial charge in [-0.2, -0.15) is 0 Å². The number of hydrogen-bond acceptors (Lipinski definition) is 3. The van der Waals surface area contributed by atoms with Crippen molar-refractivity contribution >= 4 is 45.9 Å². The Labute approximate surface area is 194 Å². The van der Waals surface area contributed by atoms with Gasteiger partial charge in [-0.05, 0) is 57.2 Å². The van der Waals surface area contributed by atoms with Gasteiger partial charge in [0.1, 0.15) is 0 Å². The smallest absolute Gasteiger partial charge is 0.191 e. The van der Waals surface area contributed by atoms with Crippen molar-refractivity contribution in [3.05, 3.63) is 34.3 Å². The van der Waals surface area contributed by atoms with E-state index >= 15 is 0 Å². The summed E-state index contributed by atoms with van der Waals surface area (Å²) in [5.41, 5.74) is 1.59. The van der Waals surface area contributed by atoms with Crippen LogP contribution in [0.3, 0.4) is 0 Å². The van der Waals surface area contributed by atoms with E-state index in [0.717, 1.165) is 64.5 Å². The largest absolute Gasteiger partial charge is 0.393 e. The van der Waals surface area contributed by atoms with Crippen LogP contribution in [0.4, 0.5) is 0 Å². The molecule has 1 aromatic carbocycles. The first-order valence-corrected chi connectivity index (χ1v) is 11.1. The number of benzene rings is 1. The van der Waals surface area contributed by atoms with Crippen molar-refractivity contribution in [2.75, 3.05) is 39.3 Å². The van der Waals surface area contributed by atoms with Gasteiger partial charge < -0.3 is 20.6 Å². The topological polar surface area (TPSA) is 59.9 Å². The Morgan fingerprint density at radius 2 is 1.96 bits per heavy atom. The van der Waals surface area contributed by atoms with Crippen LogP contribution in [0.2, 0.25) is 0 Å². The average molecular weight is 565 g/mol. The molecule has 0 amide bonds. The molecule has 5 nitrogen and oxygen atoms in total. The summed E-state index contributed by atoms with van der Waals surface area (Å²) in [7, 11) is 0. The van der Waals surface area contributed by atoms with E-state index in [-0.39, 0.29) is 35.5 Å². The number of guanidine groups is 1. The summed E-state index contributed by atoms with van der Waals surface area (Å²) in [5.74, 6) is 0.921. The van der Waals surface area contributed by atoms with Gasteiger partial charge in [0.2, 0.25) is 0 Å². The second-order valence-electron chi connectivity index (χ2n) is 7.81. The zero-order valence-corrected chi connectivity index (χ0v) is 20.7. The van der Waals surface area contributed by atoms with Crippen molar-refractivity contribution in [1.82, 2.24) is 15.5 Å². The Kier molecular flexibility index (Phi) is 10.00. The standard InChI is InChI=1S/C21H33BrN4O.HI/c1-2-23-20(24-12-5-13-26-14-8-17(27)9-15-26)25-16-21(10-11-21)18-6-3-4-7-19(18)22;/h3-4,6-7,17,27H,2,5,8-16H2,1H3,(H2,23,24,25);1H. The van der Waals surface area contributed by atoms with Crippen LogP contribution in [0.5, 0.6) is 0 Å². The average Bonchev–Trinajstić information content (AvgIpc) is 3.46. The van der Waals surface area contributed by atoms with Gasteiger partial charge in [0.15, 0.2) is 5.96 Å². The highest BCUT2D eigenvalue weighted by Crippen LogP contribution is 2.50. The molecule has 0 atom stereocenters. The molecule has 1 aliphatic heterocycles. The van der Waals surface area contributed by atoms with E-state index in [4.69, 9.17) is 4.99 Å². The van der Waals surface area contributed by atoms with E-state index in [9.17, 15) is 5.11 Å². The second-order valence-corrected chi connectivity index (χ2v) is 8.66.